The number of esters is 1. The van der Waals surface area contributed by atoms with Crippen molar-refractivity contribution in [3.63, 3.8) is 0 Å². The minimum Gasteiger partial charge on any atom is -0.461 e. The van der Waals surface area contributed by atoms with Gasteiger partial charge in [0, 0.05) is 25.9 Å². The number of allylic oxidation sites excluding steroid dienone is 1. The summed E-state index contributed by atoms with van der Waals surface area (Å²) >= 11 is 1.33. The number of nitrogens with zero attached hydrogens (tertiary/aromatic N) is 4. The molecule has 2 fully saturated rings. The van der Waals surface area contributed by atoms with Crippen LogP contribution in [0.5, 0.6) is 0 Å². The third kappa shape index (κ3) is 14.2. The number of amides is 8. The van der Waals surface area contributed by atoms with Gasteiger partial charge in [0.05, 0.1) is 17.2 Å². The predicted octanol–water partition coefficient (Wildman–Crippen LogP) is -0.275. The van der Waals surface area contributed by atoms with Crippen LogP contribution in [0.1, 0.15) is 107 Å². The van der Waals surface area contributed by atoms with Crippen molar-refractivity contribution in [2.24, 2.45) is 22.7 Å². The fourth-order valence-electron chi connectivity index (χ4n) is 8.80. The second-order valence-corrected chi connectivity index (χ2v) is 20.3. The molecule has 0 aliphatic carbocycles. The van der Waals surface area contributed by atoms with Crippen molar-refractivity contribution in [3.05, 3.63) is 11.8 Å². The van der Waals surface area contributed by atoms with E-state index in [0.717, 1.165) is 4.90 Å². The molecule has 21 nitrogen and oxygen atoms in total. The second-order valence-electron chi connectivity index (χ2n) is 19.3. The van der Waals surface area contributed by atoms with Crippen LogP contribution >= 0.6 is 11.8 Å². The van der Waals surface area contributed by atoms with Crippen LogP contribution in [0.25, 0.3) is 0 Å². The van der Waals surface area contributed by atoms with Gasteiger partial charge in [-0.2, -0.15) is 0 Å². The Balaban J connectivity index is 1.70. The Bertz CT molecular complexity index is 1960. The number of thioether (sulfide) groups is 1. The van der Waals surface area contributed by atoms with Crippen molar-refractivity contribution in [2.75, 3.05) is 32.5 Å². The van der Waals surface area contributed by atoms with Gasteiger partial charge in [-0.3, -0.25) is 43.3 Å². The summed E-state index contributed by atoms with van der Waals surface area (Å²) in [6.45, 7) is 14.6. The Labute approximate surface area is 403 Å². The van der Waals surface area contributed by atoms with Gasteiger partial charge >= 0.3 is 5.97 Å². The first-order valence-corrected chi connectivity index (χ1v) is 24.8. The number of carbonyl (C=O) groups is 9. The molecule has 10 atom stereocenters. The van der Waals surface area contributed by atoms with E-state index >= 15 is 0 Å². The Hall–Kier alpha value is -5.09. The number of aliphatic imine (C=N–C) groups is 1. The maximum atomic E-state index is 14.4. The highest BCUT2D eigenvalue weighted by Gasteiger charge is 2.43. The number of rotatable bonds is 6. The van der Waals surface area contributed by atoms with Gasteiger partial charge in [-0.1, -0.05) is 47.6 Å². The SMILES string of the molecule is C/C=C1/NC(=O)[C@@H]2CSC(=N2)[C@H]2CCCN2C(=O)[C@@H](CC(C)C)NC(=O)[C@@H](CC(C)C)NC(=O)[C@H](C)NC(=O)[C@@H](O)COC(=O)[C@H](C(C)C)N(C)C(=O)[C@H](C(C)O)NC(=O)[C@H]2CCCCN2C1=O. The van der Waals surface area contributed by atoms with Crippen molar-refractivity contribution in [1.82, 2.24) is 41.3 Å². The second kappa shape index (κ2) is 25.0. The zero-order valence-electron chi connectivity index (χ0n) is 41.0. The van der Waals surface area contributed by atoms with E-state index in [1.807, 2.05) is 27.7 Å². The van der Waals surface area contributed by atoms with E-state index in [4.69, 9.17) is 9.73 Å². The molecule has 0 spiro atoms. The fourth-order valence-corrected chi connectivity index (χ4v) is 9.99. The normalized spacial score (nSPS) is 30.8. The summed E-state index contributed by atoms with van der Waals surface area (Å²) < 4.78 is 5.31. The van der Waals surface area contributed by atoms with Gasteiger partial charge in [0.1, 0.15) is 54.6 Å². The first-order chi connectivity index (χ1) is 32.0. The molecule has 0 radical (unpaired) electrons. The number of nitrogens with one attached hydrogen (secondary N) is 5. The van der Waals surface area contributed by atoms with Gasteiger partial charge in [0.25, 0.3) is 11.8 Å². The van der Waals surface area contributed by atoms with Crippen molar-refractivity contribution in [2.45, 2.75) is 168 Å². The highest BCUT2D eigenvalue weighted by atomic mass is 32.2. The predicted molar refractivity (Wildman–Crippen MR) is 252 cm³/mol. The quantitative estimate of drug-likeness (QED) is 0.134. The highest BCUT2D eigenvalue weighted by molar-refractivity contribution is 8.14. The Kier molecular flexibility index (Phi) is 20.4. The van der Waals surface area contributed by atoms with E-state index in [0.29, 0.717) is 37.3 Å². The summed E-state index contributed by atoms with van der Waals surface area (Å²) in [6, 6.07) is -8.76. The first-order valence-electron chi connectivity index (χ1n) is 23.8. The van der Waals surface area contributed by atoms with Crippen molar-refractivity contribution in [1.29, 1.82) is 0 Å². The van der Waals surface area contributed by atoms with Crippen LogP contribution in [-0.4, -0.2) is 176 Å². The first kappa shape index (κ1) is 55.5. The van der Waals surface area contributed by atoms with Gasteiger partial charge in [-0.15, -0.1) is 11.8 Å². The van der Waals surface area contributed by atoms with E-state index in [9.17, 15) is 53.4 Å². The largest absolute Gasteiger partial charge is 0.461 e. The lowest BCUT2D eigenvalue weighted by molar-refractivity contribution is -0.161. The molecule has 0 aromatic rings. The number of carbonyl (C=O) groups excluding carboxylic acids is 9. The highest BCUT2D eigenvalue weighted by Crippen LogP contribution is 2.31. The molecule has 0 saturated carbocycles. The van der Waals surface area contributed by atoms with Gasteiger partial charge in [-0.25, -0.2) is 4.79 Å². The molecule has 4 rings (SSSR count). The Morgan fingerprint density at radius 2 is 1.37 bits per heavy atom. The molecule has 4 heterocycles. The van der Waals surface area contributed by atoms with E-state index in [2.05, 4.69) is 26.6 Å². The lowest BCUT2D eigenvalue weighted by atomic mass is 9.99. The smallest absolute Gasteiger partial charge is 0.329 e. The summed E-state index contributed by atoms with van der Waals surface area (Å²) in [6.07, 6.45) is 0.982. The topological polar surface area (TPSA) is 286 Å². The third-order valence-corrected chi connectivity index (χ3v) is 13.6. The minimum absolute atomic E-state index is 0.0260. The number of likely N-dealkylation sites (N-methyl/N-ethyl adjacent to an activating group) is 1. The van der Waals surface area contributed by atoms with Crippen molar-refractivity contribution >= 4 is 70.0 Å². The number of piperidine rings is 1. The third-order valence-electron chi connectivity index (χ3n) is 12.4. The lowest BCUT2D eigenvalue weighted by Crippen LogP contribution is -2.61. The molecule has 0 aromatic carbocycles. The summed E-state index contributed by atoms with van der Waals surface area (Å²) in [5.41, 5.74) is -0.0890. The molecule has 7 N–H and O–H groups in total. The van der Waals surface area contributed by atoms with Crippen LogP contribution < -0.4 is 26.6 Å². The molecule has 4 aliphatic heterocycles. The van der Waals surface area contributed by atoms with Crippen LogP contribution in [0.2, 0.25) is 0 Å². The fraction of sp³-hybridized carbons (Fsp3) is 0.739. The summed E-state index contributed by atoms with van der Waals surface area (Å²) in [5, 5.41) is 35.3. The minimum atomic E-state index is -1.96. The Morgan fingerprint density at radius 1 is 0.750 bits per heavy atom. The zero-order valence-corrected chi connectivity index (χ0v) is 41.9. The molecule has 0 aromatic heterocycles. The van der Waals surface area contributed by atoms with Crippen LogP contribution in [0.4, 0.5) is 0 Å². The molecule has 2 saturated heterocycles. The van der Waals surface area contributed by atoms with Gasteiger partial charge in [-0.05, 0) is 83.5 Å². The number of hydrogen-bond acceptors (Lipinski definition) is 14. The number of aliphatic hydroxyl groups excluding tert-OH is 2. The van der Waals surface area contributed by atoms with E-state index in [1.165, 1.54) is 43.6 Å². The van der Waals surface area contributed by atoms with Crippen molar-refractivity contribution in [3.8, 4) is 0 Å². The number of ether oxygens (including phenoxy) is 1. The molecule has 68 heavy (non-hydrogen) atoms. The van der Waals surface area contributed by atoms with Gasteiger partial charge in [0.2, 0.25) is 35.4 Å². The van der Waals surface area contributed by atoms with Gasteiger partial charge < -0.3 is 56.2 Å². The maximum Gasteiger partial charge on any atom is 0.329 e. The number of hydrogen-bond donors (Lipinski definition) is 7. The molecule has 8 amide bonds. The molecule has 1 unspecified atom stereocenters. The molecule has 22 heteroatoms. The molecule has 380 valence electrons. The van der Waals surface area contributed by atoms with Gasteiger partial charge in [0.15, 0.2) is 6.10 Å². The van der Waals surface area contributed by atoms with E-state index < -0.39 is 120 Å². The van der Waals surface area contributed by atoms with Crippen molar-refractivity contribution < 1.29 is 58.1 Å². The van der Waals surface area contributed by atoms with E-state index in [1.54, 1.807) is 25.7 Å². The average molecular weight is 976 g/mol. The van der Waals surface area contributed by atoms with E-state index in [-0.39, 0.29) is 55.0 Å². The number of aliphatic hydroxyl groups is 2. The number of cyclic esters (lactones) is 1. The van der Waals surface area contributed by atoms with Crippen LogP contribution in [0.3, 0.4) is 0 Å². The molecular weight excluding hydrogens is 903 g/mol. The van der Waals surface area contributed by atoms with Crippen LogP contribution in [0, 0.1) is 17.8 Å². The summed E-state index contributed by atoms with van der Waals surface area (Å²) in [5.74, 6) is -7.11. The summed E-state index contributed by atoms with van der Waals surface area (Å²) in [7, 11) is 1.27. The Morgan fingerprint density at radius 3 is 1.99 bits per heavy atom. The zero-order chi connectivity index (χ0) is 50.7. The monoisotopic (exact) mass is 976 g/mol. The van der Waals surface area contributed by atoms with Crippen LogP contribution in [-0.2, 0) is 47.9 Å². The molecular formula is C46H73N9O12S. The van der Waals surface area contributed by atoms with Crippen LogP contribution in [0.15, 0.2) is 16.8 Å². The molecule has 4 aliphatic rings. The molecule has 2 bridgehead atoms. The standard InChI is InChI=1S/C46H73N9O12S/c1-11-28-43(63)54-17-13-12-15-32(54)40(61)52-35(27(9)56)45(65)53(10)36(25(6)7)46(66)67-21-34(57)41(62)47-26(8)37(58)49-29(19-23(2)3)38(59)50-30(20-24(4)5)44(64)55-18-14-16-33(55)42-51-31(22-68-42)39(60)48-28/h11,23-27,29-36,56-57H,12-22H2,1-10H3,(H,47,62)(H,48,60)(H,49,58)(H,50,59)(H,52,61)/b28-11+/t26-,27?,29+,30+,31-,32+,33+,34-,35-,36-/m0/s1. The lowest BCUT2D eigenvalue weighted by Gasteiger charge is -2.37. The average Bonchev–Trinajstić information content (AvgIpc) is 3.98. The summed E-state index contributed by atoms with van der Waals surface area (Å²) in [4.78, 5) is 133. The number of fused-ring (bicyclic) bond motifs is 4. The maximum absolute atomic E-state index is 14.4.